The van der Waals surface area contributed by atoms with Crippen molar-refractivity contribution in [1.29, 1.82) is 0 Å². The van der Waals surface area contributed by atoms with Crippen molar-refractivity contribution < 1.29 is 19.1 Å². The predicted molar refractivity (Wildman–Crippen MR) is 134 cm³/mol. The number of hydrogen-bond donors (Lipinski definition) is 1. The Bertz CT molecular complexity index is 1080. The second-order valence-electron chi connectivity index (χ2n) is 9.74. The molecule has 0 spiro atoms. The predicted octanol–water partition coefficient (Wildman–Crippen LogP) is 4.01. The molecule has 0 aliphatic heterocycles. The number of rotatable bonds is 6. The zero-order valence-electron chi connectivity index (χ0n) is 19.8. The number of methoxy groups -OCH3 is 1. The van der Waals surface area contributed by atoms with Gasteiger partial charge in [-0.1, -0.05) is 87.5 Å². The molecule has 0 heterocycles. The van der Waals surface area contributed by atoms with Crippen molar-refractivity contribution in [2.75, 3.05) is 7.11 Å². The number of aliphatic hydroxyl groups excluding tert-OH is 1. The van der Waals surface area contributed by atoms with Gasteiger partial charge in [0.15, 0.2) is 0 Å². The van der Waals surface area contributed by atoms with Crippen LogP contribution in [0.5, 0.6) is 0 Å². The van der Waals surface area contributed by atoms with Crippen LogP contribution in [0, 0.1) is 0 Å². The van der Waals surface area contributed by atoms with Crippen LogP contribution < -0.4 is 10.4 Å². The third-order valence-corrected chi connectivity index (χ3v) is 11.7. The van der Waals surface area contributed by atoms with Gasteiger partial charge in [0.05, 0.1) is 25.4 Å². The average Bonchev–Trinajstić information content (AvgIpc) is 3.22. The molecule has 4 nitrogen and oxygen atoms in total. The molecule has 0 amide bonds. The molecule has 0 fully saturated rings. The minimum absolute atomic E-state index is 0.00857. The normalized spacial score (nSPS) is 15.8. The highest BCUT2D eigenvalue weighted by Crippen LogP contribution is 2.39. The Morgan fingerprint density at radius 2 is 1.45 bits per heavy atom. The number of ether oxygens (including phenoxy) is 1. The lowest BCUT2D eigenvalue weighted by Crippen LogP contribution is -2.67. The number of benzene rings is 3. The highest BCUT2D eigenvalue weighted by Gasteiger charge is 2.51. The van der Waals surface area contributed by atoms with Gasteiger partial charge in [-0.3, -0.25) is 0 Å². The van der Waals surface area contributed by atoms with Gasteiger partial charge in [0, 0.05) is 0 Å². The smallest absolute Gasteiger partial charge is 0.338 e. The van der Waals surface area contributed by atoms with Gasteiger partial charge in [-0.05, 0) is 51.0 Å². The van der Waals surface area contributed by atoms with Gasteiger partial charge in [0.25, 0.3) is 8.32 Å². The van der Waals surface area contributed by atoms with Crippen LogP contribution in [0.4, 0.5) is 0 Å². The first kappa shape index (κ1) is 23.4. The molecule has 1 aliphatic carbocycles. The number of esters is 1. The minimum Gasteiger partial charge on any atom is -0.465 e. The van der Waals surface area contributed by atoms with Gasteiger partial charge in [-0.15, -0.1) is 0 Å². The van der Waals surface area contributed by atoms with Crippen LogP contribution in [0.15, 0.2) is 72.8 Å². The van der Waals surface area contributed by atoms with E-state index in [0.717, 1.165) is 24.0 Å². The highest BCUT2D eigenvalue weighted by atomic mass is 28.4. The fourth-order valence-electron chi connectivity index (χ4n) is 5.14. The maximum Gasteiger partial charge on any atom is 0.338 e. The van der Waals surface area contributed by atoms with Crippen molar-refractivity contribution in [2.45, 2.75) is 51.4 Å². The summed E-state index contributed by atoms with van der Waals surface area (Å²) in [6.07, 6.45) is 1.48. The van der Waals surface area contributed by atoms with Crippen LogP contribution in [0.1, 0.15) is 47.8 Å². The summed E-state index contributed by atoms with van der Waals surface area (Å²) in [7, 11) is -1.29. The van der Waals surface area contributed by atoms with Gasteiger partial charge in [0.1, 0.15) is 0 Å². The van der Waals surface area contributed by atoms with E-state index in [1.165, 1.54) is 17.5 Å². The molecular formula is C28H32O4Si. The molecule has 33 heavy (non-hydrogen) atoms. The summed E-state index contributed by atoms with van der Waals surface area (Å²) >= 11 is 0. The van der Waals surface area contributed by atoms with Crippen molar-refractivity contribution in [2.24, 2.45) is 0 Å². The zero-order chi connectivity index (χ0) is 23.6. The second kappa shape index (κ2) is 9.25. The van der Waals surface area contributed by atoms with Crippen molar-refractivity contribution in [3.8, 4) is 0 Å². The molecule has 1 N–H and O–H groups in total. The van der Waals surface area contributed by atoms with Gasteiger partial charge in [-0.25, -0.2) is 4.79 Å². The standard InChI is InChI=1S/C28H32O4Si/c1-28(2,3)33(24-11-7-5-8-12-24,25-13-9-6-10-14-25)32-23-16-20-15-22(19-29)26(27(30)31-4)18-21(20)17-23/h5-15,18,23,29H,16-17,19H2,1-4H3. The zero-order valence-corrected chi connectivity index (χ0v) is 20.8. The monoisotopic (exact) mass is 460 g/mol. The molecule has 5 heteroatoms. The lowest BCUT2D eigenvalue weighted by molar-refractivity contribution is 0.0597. The van der Waals surface area contributed by atoms with Gasteiger partial charge in [-0.2, -0.15) is 0 Å². The van der Waals surface area contributed by atoms with E-state index < -0.39 is 14.3 Å². The third kappa shape index (κ3) is 4.28. The number of aliphatic hydroxyl groups is 1. The lowest BCUT2D eigenvalue weighted by atomic mass is 10.0. The SMILES string of the molecule is COC(=O)c1cc2c(cc1CO)CC(O[Si](c1ccccc1)(c1ccccc1)C(C)(C)C)C2. The third-order valence-electron chi connectivity index (χ3n) is 6.66. The Morgan fingerprint density at radius 3 is 1.91 bits per heavy atom. The van der Waals surface area contributed by atoms with Crippen molar-refractivity contribution >= 4 is 24.7 Å². The van der Waals surface area contributed by atoms with Crippen LogP contribution in [0.3, 0.4) is 0 Å². The lowest BCUT2D eigenvalue weighted by Gasteiger charge is -2.44. The van der Waals surface area contributed by atoms with Crippen molar-refractivity contribution in [3.05, 3.63) is 95.1 Å². The fourth-order valence-corrected chi connectivity index (χ4v) is 9.82. The maximum absolute atomic E-state index is 12.2. The molecule has 0 saturated carbocycles. The molecule has 0 radical (unpaired) electrons. The molecule has 1 aliphatic rings. The van der Waals surface area contributed by atoms with Crippen LogP contribution in [0.25, 0.3) is 0 Å². The molecular weight excluding hydrogens is 428 g/mol. The molecule has 3 aromatic carbocycles. The van der Waals surface area contributed by atoms with E-state index in [2.05, 4.69) is 69.3 Å². The van der Waals surface area contributed by atoms with Gasteiger partial charge < -0.3 is 14.3 Å². The Labute approximate surface area is 197 Å². The summed E-state index contributed by atoms with van der Waals surface area (Å²) in [4.78, 5) is 12.2. The van der Waals surface area contributed by atoms with Crippen molar-refractivity contribution in [1.82, 2.24) is 0 Å². The molecule has 4 rings (SSSR count). The van der Waals surface area contributed by atoms with Crippen LogP contribution >= 0.6 is 0 Å². The Hall–Kier alpha value is -2.73. The highest BCUT2D eigenvalue weighted by molar-refractivity contribution is 6.99. The first-order chi connectivity index (χ1) is 15.8. The van der Waals surface area contributed by atoms with E-state index in [4.69, 9.17) is 9.16 Å². The van der Waals surface area contributed by atoms with E-state index in [-0.39, 0.29) is 17.7 Å². The van der Waals surface area contributed by atoms with E-state index in [1.807, 2.05) is 24.3 Å². The summed E-state index contributed by atoms with van der Waals surface area (Å²) in [6, 6.07) is 25.1. The van der Waals surface area contributed by atoms with Gasteiger partial charge >= 0.3 is 5.97 Å². The largest absolute Gasteiger partial charge is 0.465 e. The van der Waals surface area contributed by atoms with E-state index in [9.17, 15) is 9.90 Å². The van der Waals surface area contributed by atoms with Crippen LogP contribution in [-0.4, -0.2) is 32.6 Å². The number of fused-ring (bicyclic) bond motifs is 1. The van der Waals surface area contributed by atoms with Crippen LogP contribution in [0.2, 0.25) is 5.04 Å². The molecule has 172 valence electrons. The molecule has 3 aromatic rings. The molecule has 0 bridgehead atoms. The van der Waals surface area contributed by atoms with E-state index in [0.29, 0.717) is 11.1 Å². The second-order valence-corrected chi connectivity index (χ2v) is 14.0. The first-order valence-corrected chi connectivity index (χ1v) is 13.3. The topological polar surface area (TPSA) is 55.8 Å². The molecule has 0 aromatic heterocycles. The Balaban J connectivity index is 1.77. The quantitative estimate of drug-likeness (QED) is 0.446. The summed E-state index contributed by atoms with van der Waals surface area (Å²) in [5.74, 6) is -0.418. The number of hydrogen-bond acceptors (Lipinski definition) is 4. The van der Waals surface area contributed by atoms with Gasteiger partial charge in [0.2, 0.25) is 0 Å². The summed E-state index contributed by atoms with van der Waals surface area (Å²) in [6.45, 7) is 6.64. The Morgan fingerprint density at radius 1 is 0.939 bits per heavy atom. The fraction of sp³-hybridized carbons (Fsp3) is 0.321. The summed E-state index contributed by atoms with van der Waals surface area (Å²) < 4.78 is 12.2. The summed E-state index contributed by atoms with van der Waals surface area (Å²) in [5.41, 5.74) is 3.27. The van der Waals surface area contributed by atoms with E-state index in [1.54, 1.807) is 0 Å². The first-order valence-electron chi connectivity index (χ1n) is 11.4. The molecule has 1 unspecified atom stereocenters. The van der Waals surface area contributed by atoms with E-state index >= 15 is 0 Å². The van der Waals surface area contributed by atoms with Crippen molar-refractivity contribution in [3.63, 3.8) is 0 Å². The van der Waals surface area contributed by atoms with Crippen LogP contribution in [-0.2, 0) is 28.6 Å². The molecule has 0 saturated heterocycles. The average molecular weight is 461 g/mol. The number of carbonyl (C=O) groups excluding carboxylic acids is 1. The molecule has 1 atom stereocenters. The Kier molecular flexibility index (Phi) is 6.57. The summed E-state index contributed by atoms with van der Waals surface area (Å²) in [5, 5.41) is 12.2. The number of carbonyl (C=O) groups is 1. The maximum atomic E-state index is 12.2. The minimum atomic E-state index is -2.66.